The number of amides is 2. The fourth-order valence-electron chi connectivity index (χ4n) is 1.59. The van der Waals surface area contributed by atoms with Gasteiger partial charge in [0.25, 0.3) is 5.91 Å². The second-order valence-electron chi connectivity index (χ2n) is 5.81. The molecular weight excluding hydrogens is 300 g/mol. The molecule has 2 amide bonds. The first-order chi connectivity index (χ1) is 10.7. The van der Waals surface area contributed by atoms with Crippen LogP contribution in [0.25, 0.3) is 0 Å². The van der Waals surface area contributed by atoms with Gasteiger partial charge in [0.15, 0.2) is 0 Å². The van der Waals surface area contributed by atoms with E-state index in [0.717, 1.165) is 5.56 Å². The van der Waals surface area contributed by atoms with Crippen LogP contribution in [0, 0.1) is 0 Å². The van der Waals surface area contributed by atoms with Crippen LogP contribution in [0.15, 0.2) is 24.3 Å². The highest BCUT2D eigenvalue weighted by Crippen LogP contribution is 2.08. The van der Waals surface area contributed by atoms with Gasteiger partial charge in [0, 0.05) is 12.1 Å². The molecule has 0 spiro atoms. The molecule has 0 heterocycles. The van der Waals surface area contributed by atoms with Crippen molar-refractivity contribution in [3.8, 4) is 0 Å². The molecular formula is C16H22N2O5. The number of alkyl carbamates (subject to hydrolysis) is 1. The van der Waals surface area contributed by atoms with E-state index in [-0.39, 0.29) is 12.5 Å². The highest BCUT2D eigenvalue weighted by atomic mass is 16.6. The van der Waals surface area contributed by atoms with Crippen molar-refractivity contribution in [3.05, 3.63) is 35.4 Å². The Kier molecular flexibility index (Phi) is 6.56. The Morgan fingerprint density at radius 3 is 2.17 bits per heavy atom. The maximum atomic E-state index is 11.8. The molecule has 0 unspecified atom stereocenters. The number of nitrogens with one attached hydrogen (secondary N) is 2. The van der Waals surface area contributed by atoms with E-state index in [2.05, 4.69) is 15.4 Å². The summed E-state index contributed by atoms with van der Waals surface area (Å²) in [5, 5.41) is 5.07. The largest absolute Gasteiger partial charge is 0.468 e. The Morgan fingerprint density at radius 2 is 1.65 bits per heavy atom. The van der Waals surface area contributed by atoms with Crippen LogP contribution < -0.4 is 10.6 Å². The Labute approximate surface area is 135 Å². The number of carbonyl (C=O) groups excluding carboxylic acids is 3. The van der Waals surface area contributed by atoms with Crippen molar-refractivity contribution < 1.29 is 23.9 Å². The van der Waals surface area contributed by atoms with Crippen LogP contribution in [0.5, 0.6) is 0 Å². The number of hydrogen-bond donors (Lipinski definition) is 2. The summed E-state index contributed by atoms with van der Waals surface area (Å²) in [7, 11) is 1.25. The average molecular weight is 322 g/mol. The lowest BCUT2D eigenvalue weighted by molar-refractivity contribution is -0.139. The van der Waals surface area contributed by atoms with Gasteiger partial charge in [-0.15, -0.1) is 0 Å². The van der Waals surface area contributed by atoms with Crippen LogP contribution in [0.3, 0.4) is 0 Å². The lowest BCUT2D eigenvalue weighted by Gasteiger charge is -2.19. The summed E-state index contributed by atoms with van der Waals surface area (Å²) in [4.78, 5) is 34.3. The van der Waals surface area contributed by atoms with Gasteiger partial charge >= 0.3 is 12.1 Å². The summed E-state index contributed by atoms with van der Waals surface area (Å²) < 4.78 is 9.57. The Morgan fingerprint density at radius 1 is 1.04 bits per heavy atom. The molecule has 2 N–H and O–H groups in total. The summed E-state index contributed by atoms with van der Waals surface area (Å²) in [6, 6.07) is 6.65. The maximum absolute atomic E-state index is 11.8. The third-order valence-electron chi connectivity index (χ3n) is 2.67. The topological polar surface area (TPSA) is 93.7 Å². The van der Waals surface area contributed by atoms with Crippen molar-refractivity contribution in [1.29, 1.82) is 0 Å². The number of methoxy groups -OCH3 is 1. The molecule has 1 rings (SSSR count). The van der Waals surface area contributed by atoms with Gasteiger partial charge in [-0.1, -0.05) is 12.1 Å². The summed E-state index contributed by atoms with van der Waals surface area (Å²) in [6.07, 6.45) is -0.502. The van der Waals surface area contributed by atoms with E-state index in [9.17, 15) is 14.4 Å². The first-order valence-corrected chi connectivity index (χ1v) is 7.12. The minimum absolute atomic E-state index is 0.183. The van der Waals surface area contributed by atoms with E-state index in [1.54, 1.807) is 45.0 Å². The fraction of sp³-hybridized carbons (Fsp3) is 0.438. The Bertz CT molecular complexity index is 561. The lowest BCUT2D eigenvalue weighted by Crippen LogP contribution is -2.32. The van der Waals surface area contributed by atoms with E-state index in [1.807, 2.05) is 0 Å². The third-order valence-corrected chi connectivity index (χ3v) is 2.67. The van der Waals surface area contributed by atoms with Crippen LogP contribution in [0.2, 0.25) is 0 Å². The molecule has 1 aromatic carbocycles. The zero-order chi connectivity index (χ0) is 17.5. The smallest absolute Gasteiger partial charge is 0.407 e. The standard InChI is InChI=1S/C16H22N2O5/c1-16(2,3)23-15(21)18-9-11-5-7-12(8-6-11)14(20)17-10-13(19)22-4/h5-8H,9-10H2,1-4H3,(H,17,20)(H,18,21). The zero-order valence-corrected chi connectivity index (χ0v) is 13.8. The minimum Gasteiger partial charge on any atom is -0.468 e. The molecule has 0 aliphatic rings. The molecule has 0 aliphatic heterocycles. The molecule has 0 aliphatic carbocycles. The highest BCUT2D eigenvalue weighted by molar-refractivity contribution is 5.95. The van der Waals surface area contributed by atoms with E-state index in [4.69, 9.17) is 4.74 Å². The number of benzene rings is 1. The van der Waals surface area contributed by atoms with Gasteiger partial charge < -0.3 is 20.1 Å². The molecule has 7 heteroatoms. The highest BCUT2D eigenvalue weighted by Gasteiger charge is 2.15. The van der Waals surface area contributed by atoms with E-state index in [1.165, 1.54) is 7.11 Å². The predicted molar refractivity (Wildman–Crippen MR) is 83.9 cm³/mol. The Hall–Kier alpha value is -2.57. The van der Waals surface area contributed by atoms with Crippen molar-refractivity contribution in [2.75, 3.05) is 13.7 Å². The minimum atomic E-state index is -0.550. The number of carbonyl (C=O) groups is 3. The molecule has 0 aromatic heterocycles. The summed E-state index contributed by atoms with van der Waals surface area (Å²) >= 11 is 0. The third kappa shape index (κ3) is 7.30. The SMILES string of the molecule is COC(=O)CNC(=O)c1ccc(CNC(=O)OC(C)(C)C)cc1. The monoisotopic (exact) mass is 322 g/mol. The lowest BCUT2D eigenvalue weighted by atomic mass is 10.1. The van der Waals surface area contributed by atoms with Gasteiger partial charge in [-0.2, -0.15) is 0 Å². The van der Waals surface area contributed by atoms with Gasteiger partial charge in [-0.25, -0.2) is 4.79 Å². The molecule has 23 heavy (non-hydrogen) atoms. The van der Waals surface area contributed by atoms with E-state index >= 15 is 0 Å². The second kappa shape index (κ2) is 8.17. The molecule has 0 saturated carbocycles. The summed E-state index contributed by atoms with van der Waals surface area (Å²) in [5.74, 6) is -0.890. The predicted octanol–water partition coefficient (Wildman–Crippen LogP) is 1.61. The van der Waals surface area contributed by atoms with Gasteiger partial charge in [0.2, 0.25) is 0 Å². The fourth-order valence-corrected chi connectivity index (χ4v) is 1.59. The molecule has 0 fully saturated rings. The number of hydrogen-bond acceptors (Lipinski definition) is 5. The average Bonchev–Trinajstić information content (AvgIpc) is 2.49. The van der Waals surface area contributed by atoms with Crippen molar-refractivity contribution in [2.45, 2.75) is 32.9 Å². The van der Waals surface area contributed by atoms with Crippen LogP contribution in [0.4, 0.5) is 4.79 Å². The zero-order valence-electron chi connectivity index (χ0n) is 13.8. The second-order valence-corrected chi connectivity index (χ2v) is 5.81. The number of esters is 1. The molecule has 126 valence electrons. The van der Waals surface area contributed by atoms with Gasteiger partial charge in [-0.3, -0.25) is 9.59 Å². The molecule has 0 saturated heterocycles. The summed E-state index contributed by atoms with van der Waals surface area (Å²) in [5.41, 5.74) is 0.682. The molecule has 0 radical (unpaired) electrons. The first kappa shape index (κ1) is 18.5. The van der Waals surface area contributed by atoms with Crippen LogP contribution in [-0.2, 0) is 20.8 Å². The van der Waals surface area contributed by atoms with Gasteiger partial charge in [0.1, 0.15) is 12.1 Å². The van der Waals surface area contributed by atoms with Crippen molar-refractivity contribution in [1.82, 2.24) is 10.6 Å². The molecule has 0 bridgehead atoms. The van der Waals surface area contributed by atoms with Crippen LogP contribution in [-0.4, -0.2) is 37.2 Å². The quantitative estimate of drug-likeness (QED) is 0.803. The normalized spacial score (nSPS) is 10.6. The summed E-state index contributed by atoms with van der Waals surface area (Å²) in [6.45, 7) is 5.47. The van der Waals surface area contributed by atoms with Crippen LogP contribution in [0.1, 0.15) is 36.7 Å². The maximum Gasteiger partial charge on any atom is 0.407 e. The number of ether oxygens (including phenoxy) is 2. The van der Waals surface area contributed by atoms with E-state index < -0.39 is 17.7 Å². The first-order valence-electron chi connectivity index (χ1n) is 7.12. The molecule has 0 atom stereocenters. The van der Waals surface area contributed by atoms with Crippen molar-refractivity contribution in [2.24, 2.45) is 0 Å². The molecule has 7 nitrogen and oxygen atoms in total. The molecule has 1 aromatic rings. The van der Waals surface area contributed by atoms with Gasteiger partial charge in [0.05, 0.1) is 7.11 Å². The Balaban J connectivity index is 2.48. The van der Waals surface area contributed by atoms with Crippen molar-refractivity contribution >= 4 is 18.0 Å². The van der Waals surface area contributed by atoms with Crippen molar-refractivity contribution in [3.63, 3.8) is 0 Å². The van der Waals surface area contributed by atoms with E-state index in [0.29, 0.717) is 12.1 Å². The van der Waals surface area contributed by atoms with Crippen LogP contribution >= 0.6 is 0 Å². The van der Waals surface area contributed by atoms with Gasteiger partial charge in [-0.05, 0) is 38.5 Å². The number of rotatable bonds is 5.